The molecule has 0 aromatic carbocycles. The fourth-order valence-corrected chi connectivity index (χ4v) is 2.62. The van der Waals surface area contributed by atoms with Crippen LogP contribution in [0.5, 0.6) is 0 Å². The maximum Gasteiger partial charge on any atom is 0.353 e. The zero-order valence-corrected chi connectivity index (χ0v) is 16.9. The predicted molar refractivity (Wildman–Crippen MR) is 103 cm³/mol. The molecule has 0 aliphatic heterocycles. The van der Waals surface area contributed by atoms with Crippen LogP contribution >= 0.6 is 10.7 Å². The van der Waals surface area contributed by atoms with Crippen LogP contribution in [0.4, 0.5) is 0 Å². The Morgan fingerprint density at radius 1 is 0.565 bits per heavy atom. The van der Waals surface area contributed by atoms with Crippen molar-refractivity contribution in [3.05, 3.63) is 0 Å². The first-order valence-corrected chi connectivity index (χ1v) is 11.9. The molecule has 0 amide bonds. The number of halogens is 1. The minimum Gasteiger partial charge on any atom is -0.273 e. The van der Waals surface area contributed by atoms with E-state index in [4.69, 9.17) is 13.0 Å². The summed E-state index contributed by atoms with van der Waals surface area (Å²) in [4.78, 5) is 0. The fraction of sp³-hybridized carbons (Fsp3) is 1.00. The Morgan fingerprint density at radius 2 is 0.696 bits per heavy atom. The van der Waals surface area contributed by atoms with Gasteiger partial charge in [-0.25, -0.2) is 0 Å². The molecule has 1 N–H and O–H groups in total. The molecule has 23 heavy (non-hydrogen) atoms. The number of rotatable bonds is 15. The van der Waals surface area contributed by atoms with Crippen molar-refractivity contribution >= 4 is 20.0 Å². The van der Waals surface area contributed by atoms with E-state index in [1.807, 2.05) is 0 Å². The first kappa shape index (κ1) is 25.4. The smallest absolute Gasteiger partial charge is 0.273 e. The van der Waals surface area contributed by atoms with Crippen LogP contribution in [-0.4, -0.2) is 13.0 Å². The third kappa shape index (κ3) is 39.2. The zero-order valence-electron chi connectivity index (χ0n) is 15.4. The number of hydrogen-bond acceptors (Lipinski definition) is 2. The highest BCUT2D eigenvalue weighted by molar-refractivity contribution is 8.09. The van der Waals surface area contributed by atoms with Crippen LogP contribution in [0.15, 0.2) is 0 Å². The molecule has 0 aliphatic rings. The molecular formula is C18H39ClO3S. The zero-order chi connectivity index (χ0) is 17.8. The van der Waals surface area contributed by atoms with Gasteiger partial charge in [0, 0.05) is 10.7 Å². The summed E-state index contributed by atoms with van der Waals surface area (Å²) < 4.78 is 25.2. The summed E-state index contributed by atoms with van der Waals surface area (Å²) in [5, 5.41) is 0. The maximum atomic E-state index is 8.95. The number of hydrogen-bond donors (Lipinski definition) is 1. The lowest BCUT2D eigenvalue weighted by Crippen LogP contribution is -1.83. The summed E-state index contributed by atoms with van der Waals surface area (Å²) in [6.07, 6.45) is 23.4. The predicted octanol–water partition coefficient (Wildman–Crippen LogP) is 7.30. The number of unbranched alkanes of at least 4 members (excludes halogenated alkanes) is 15. The Balaban J connectivity index is 0. The third-order valence-electron chi connectivity index (χ3n) is 3.96. The molecule has 0 rings (SSSR count). The van der Waals surface area contributed by atoms with Crippen molar-refractivity contribution < 1.29 is 13.0 Å². The van der Waals surface area contributed by atoms with E-state index in [0.717, 1.165) is 0 Å². The second kappa shape index (κ2) is 20.2. The van der Waals surface area contributed by atoms with Crippen LogP contribution in [-0.2, 0) is 9.33 Å². The van der Waals surface area contributed by atoms with Crippen molar-refractivity contribution in [2.45, 2.75) is 117 Å². The van der Waals surface area contributed by atoms with Crippen LogP contribution < -0.4 is 0 Å². The van der Waals surface area contributed by atoms with Gasteiger partial charge >= 0.3 is 9.33 Å². The molecule has 0 saturated carbocycles. The molecule has 0 saturated heterocycles. The fourth-order valence-electron chi connectivity index (χ4n) is 2.62. The first-order chi connectivity index (χ1) is 10.9. The summed E-state index contributed by atoms with van der Waals surface area (Å²) in [7, 11) is -0.137. The van der Waals surface area contributed by atoms with Gasteiger partial charge in [-0.05, 0) is 0 Å². The molecule has 0 radical (unpaired) electrons. The Labute approximate surface area is 149 Å². The standard InChI is InChI=1S/C18H38.ClHO3S/c1-3-5-7-9-11-13-15-17-18-16-14-12-10-8-6-4-2;1-5(2,3)4/h3-18H2,1-2H3;(H,2,3,4). The highest BCUT2D eigenvalue weighted by Crippen LogP contribution is 2.13. The van der Waals surface area contributed by atoms with Gasteiger partial charge in [-0.1, -0.05) is 117 Å². The van der Waals surface area contributed by atoms with Gasteiger partial charge in [0.15, 0.2) is 0 Å². The van der Waals surface area contributed by atoms with Crippen molar-refractivity contribution in [3.8, 4) is 0 Å². The lowest BCUT2D eigenvalue weighted by atomic mass is 10.0. The SMILES string of the molecule is CCCCCCCCCCCCCCCCCC.O=S(=O)(O)Cl. The second-order valence-electron chi connectivity index (χ2n) is 6.36. The highest BCUT2D eigenvalue weighted by Gasteiger charge is 1.93. The monoisotopic (exact) mass is 370 g/mol. The average Bonchev–Trinajstić information content (AvgIpc) is 2.46. The van der Waals surface area contributed by atoms with Crippen LogP contribution in [0, 0.1) is 0 Å². The molecule has 0 spiro atoms. The summed E-state index contributed by atoms with van der Waals surface area (Å²) in [5.74, 6) is 0. The van der Waals surface area contributed by atoms with Gasteiger partial charge < -0.3 is 0 Å². The summed E-state index contributed by atoms with van der Waals surface area (Å²) in [5.41, 5.74) is 0. The normalized spacial score (nSPS) is 11.1. The highest BCUT2D eigenvalue weighted by atomic mass is 35.7. The minimum atomic E-state index is -4.19. The third-order valence-corrected chi connectivity index (χ3v) is 3.96. The van der Waals surface area contributed by atoms with E-state index in [2.05, 4.69) is 24.5 Å². The van der Waals surface area contributed by atoms with Crippen molar-refractivity contribution in [1.29, 1.82) is 0 Å². The molecule has 0 heterocycles. The van der Waals surface area contributed by atoms with Crippen molar-refractivity contribution in [2.75, 3.05) is 0 Å². The molecule has 0 aromatic heterocycles. The van der Waals surface area contributed by atoms with Gasteiger partial charge in [-0.3, -0.25) is 4.55 Å². The molecule has 0 bridgehead atoms. The van der Waals surface area contributed by atoms with Crippen molar-refractivity contribution in [3.63, 3.8) is 0 Å². The first-order valence-electron chi connectivity index (χ1n) is 9.58. The molecule has 3 nitrogen and oxygen atoms in total. The van der Waals surface area contributed by atoms with Gasteiger partial charge in [-0.2, -0.15) is 8.42 Å². The average molecular weight is 371 g/mol. The van der Waals surface area contributed by atoms with E-state index in [-0.39, 0.29) is 0 Å². The maximum absolute atomic E-state index is 8.95. The molecule has 142 valence electrons. The van der Waals surface area contributed by atoms with Crippen molar-refractivity contribution in [2.24, 2.45) is 0 Å². The van der Waals surface area contributed by atoms with Crippen LogP contribution in [0.2, 0.25) is 0 Å². The van der Waals surface area contributed by atoms with E-state index >= 15 is 0 Å². The molecule has 0 aliphatic carbocycles. The van der Waals surface area contributed by atoms with E-state index in [9.17, 15) is 0 Å². The quantitative estimate of drug-likeness (QED) is 0.187. The largest absolute Gasteiger partial charge is 0.353 e. The molecular weight excluding hydrogens is 332 g/mol. The van der Waals surface area contributed by atoms with Gasteiger partial charge in [-0.15, -0.1) is 0 Å². The minimum absolute atomic E-state index is 1.37. The Bertz CT molecular complexity index is 281. The van der Waals surface area contributed by atoms with Crippen LogP contribution in [0.1, 0.15) is 117 Å². The van der Waals surface area contributed by atoms with E-state index in [1.54, 1.807) is 0 Å². The summed E-state index contributed by atoms with van der Waals surface area (Å²) >= 11 is 0. The Kier molecular flexibility index (Phi) is 22.4. The summed E-state index contributed by atoms with van der Waals surface area (Å²) in [6, 6.07) is 0. The Morgan fingerprint density at radius 3 is 0.826 bits per heavy atom. The van der Waals surface area contributed by atoms with Crippen LogP contribution in [0.25, 0.3) is 0 Å². The van der Waals surface area contributed by atoms with Gasteiger partial charge in [0.25, 0.3) is 0 Å². The van der Waals surface area contributed by atoms with Gasteiger partial charge in [0.1, 0.15) is 0 Å². The van der Waals surface area contributed by atoms with E-state index in [1.165, 1.54) is 103 Å². The topological polar surface area (TPSA) is 54.4 Å². The lowest BCUT2D eigenvalue weighted by Gasteiger charge is -2.03. The lowest BCUT2D eigenvalue weighted by molar-refractivity contribution is 0.501. The van der Waals surface area contributed by atoms with E-state index < -0.39 is 9.33 Å². The molecule has 0 aromatic rings. The molecule has 0 unspecified atom stereocenters. The van der Waals surface area contributed by atoms with Crippen LogP contribution in [0.3, 0.4) is 0 Å². The van der Waals surface area contributed by atoms with E-state index in [0.29, 0.717) is 0 Å². The molecule has 5 heteroatoms. The van der Waals surface area contributed by atoms with Crippen molar-refractivity contribution in [1.82, 2.24) is 0 Å². The molecule has 0 fully saturated rings. The Hall–Kier alpha value is 0.200. The van der Waals surface area contributed by atoms with Gasteiger partial charge in [0.2, 0.25) is 0 Å². The second-order valence-corrected chi connectivity index (χ2v) is 8.36. The molecule has 0 atom stereocenters. The van der Waals surface area contributed by atoms with Gasteiger partial charge in [0.05, 0.1) is 0 Å². The summed E-state index contributed by atoms with van der Waals surface area (Å²) in [6.45, 7) is 4.59.